The number of hydrogen-bond donors (Lipinski definition) is 1. The van der Waals surface area contributed by atoms with Crippen molar-refractivity contribution in [3.63, 3.8) is 0 Å². The van der Waals surface area contributed by atoms with Gasteiger partial charge in [-0.25, -0.2) is 0 Å². The molecule has 2 aromatic rings. The third-order valence-corrected chi connectivity index (χ3v) is 7.18. The summed E-state index contributed by atoms with van der Waals surface area (Å²) in [6.45, 7) is 5.48. The molecule has 0 unspecified atom stereocenters. The molecule has 3 heterocycles. The summed E-state index contributed by atoms with van der Waals surface area (Å²) in [6, 6.07) is 7.64. The second-order valence-corrected chi connectivity index (χ2v) is 9.22. The minimum Gasteiger partial charge on any atom is -0.353 e. The molecule has 1 aliphatic carbocycles. The smallest absolute Gasteiger partial charge is 0.223 e. The molecular weight excluding hydrogens is 370 g/mol. The van der Waals surface area contributed by atoms with E-state index in [4.69, 9.17) is 0 Å². The third-order valence-electron chi connectivity index (χ3n) is 6.62. The van der Waals surface area contributed by atoms with Crippen molar-refractivity contribution in [3.05, 3.63) is 23.8 Å². The Hall–Kier alpha value is -1.57. The summed E-state index contributed by atoms with van der Waals surface area (Å²) in [4.78, 5) is 17.5. The van der Waals surface area contributed by atoms with Gasteiger partial charge in [-0.3, -0.25) is 9.69 Å². The number of fused-ring (bicyclic) bond motifs is 1. The van der Waals surface area contributed by atoms with Gasteiger partial charge in [-0.15, -0.1) is 0 Å². The fourth-order valence-corrected chi connectivity index (χ4v) is 5.22. The number of benzene rings is 1. The van der Waals surface area contributed by atoms with E-state index in [-0.39, 0.29) is 5.92 Å². The zero-order chi connectivity index (χ0) is 18.9. The Labute approximate surface area is 170 Å². The first-order chi connectivity index (χ1) is 13.7. The van der Waals surface area contributed by atoms with Gasteiger partial charge < -0.3 is 10.2 Å². The van der Waals surface area contributed by atoms with Crippen LogP contribution in [0.5, 0.6) is 0 Å². The van der Waals surface area contributed by atoms with Crippen molar-refractivity contribution in [2.75, 3.05) is 26.2 Å². The van der Waals surface area contributed by atoms with Crippen molar-refractivity contribution in [2.24, 2.45) is 5.92 Å². The zero-order valence-corrected chi connectivity index (χ0v) is 17.2. The van der Waals surface area contributed by atoms with Gasteiger partial charge in [0.05, 0.1) is 11.7 Å². The van der Waals surface area contributed by atoms with Gasteiger partial charge in [0, 0.05) is 24.5 Å². The zero-order valence-electron chi connectivity index (χ0n) is 16.3. The summed E-state index contributed by atoms with van der Waals surface area (Å²) < 4.78 is 8.65. The molecule has 2 aliphatic heterocycles. The molecule has 1 amide bonds. The Morgan fingerprint density at radius 3 is 2.50 bits per heavy atom. The molecule has 28 heavy (non-hydrogen) atoms. The molecule has 2 saturated heterocycles. The lowest BCUT2D eigenvalue weighted by Crippen LogP contribution is -2.49. The number of amides is 1. The molecular formula is C21H29N5OS. The maximum Gasteiger partial charge on any atom is 0.223 e. The number of hydrogen-bond acceptors (Lipinski definition) is 6. The van der Waals surface area contributed by atoms with E-state index >= 15 is 0 Å². The number of carbonyl (C=O) groups excluding carboxylic acids is 1. The number of likely N-dealkylation sites (tertiary alicyclic amines) is 2. The molecule has 1 aromatic heterocycles. The molecule has 1 N–H and O–H groups in total. The van der Waals surface area contributed by atoms with Gasteiger partial charge in [0.2, 0.25) is 5.91 Å². The molecule has 0 bridgehead atoms. The summed E-state index contributed by atoms with van der Waals surface area (Å²) >= 11 is 1.29. The van der Waals surface area contributed by atoms with Crippen LogP contribution in [0, 0.1) is 5.92 Å². The van der Waals surface area contributed by atoms with Gasteiger partial charge in [-0.2, -0.15) is 8.75 Å². The van der Waals surface area contributed by atoms with E-state index in [0.717, 1.165) is 56.6 Å². The topological polar surface area (TPSA) is 61.4 Å². The molecule has 3 fully saturated rings. The van der Waals surface area contributed by atoms with Crippen molar-refractivity contribution in [1.82, 2.24) is 23.9 Å². The van der Waals surface area contributed by atoms with Crippen molar-refractivity contribution in [2.45, 2.75) is 57.2 Å². The van der Waals surface area contributed by atoms with Crippen LogP contribution in [0.4, 0.5) is 0 Å². The second kappa shape index (κ2) is 8.05. The molecule has 1 saturated carbocycles. The minimum atomic E-state index is 0.243. The molecule has 1 aromatic carbocycles. The van der Waals surface area contributed by atoms with Crippen LogP contribution in [-0.4, -0.2) is 62.7 Å². The van der Waals surface area contributed by atoms with E-state index in [1.54, 1.807) is 0 Å². The molecule has 3 aliphatic rings. The number of nitrogens with one attached hydrogen (secondary N) is 1. The Balaban J connectivity index is 1.08. The SMILES string of the molecule is O=C(NC1CC1)C1CCN(C2CCN(Cc3ccc4nsnc4c3)CC2)CC1. The summed E-state index contributed by atoms with van der Waals surface area (Å²) in [6.07, 6.45) is 6.88. The Morgan fingerprint density at radius 1 is 1.00 bits per heavy atom. The first-order valence-electron chi connectivity index (χ1n) is 10.7. The highest BCUT2D eigenvalue weighted by Gasteiger charge is 2.32. The van der Waals surface area contributed by atoms with Crippen molar-refractivity contribution in [1.29, 1.82) is 0 Å². The molecule has 0 atom stereocenters. The third kappa shape index (κ3) is 4.21. The Kier molecular flexibility index (Phi) is 5.30. The maximum atomic E-state index is 12.3. The van der Waals surface area contributed by atoms with E-state index < -0.39 is 0 Å². The largest absolute Gasteiger partial charge is 0.353 e. The van der Waals surface area contributed by atoms with E-state index in [9.17, 15) is 4.79 Å². The van der Waals surface area contributed by atoms with Gasteiger partial charge in [-0.05, 0) is 82.4 Å². The highest BCUT2D eigenvalue weighted by molar-refractivity contribution is 7.00. The normalized spacial score (nSPS) is 23.3. The van der Waals surface area contributed by atoms with E-state index in [1.165, 1.54) is 43.0 Å². The average molecular weight is 400 g/mol. The predicted molar refractivity (Wildman–Crippen MR) is 111 cm³/mol. The number of aromatic nitrogens is 2. The van der Waals surface area contributed by atoms with Gasteiger partial charge >= 0.3 is 0 Å². The average Bonchev–Trinajstić information content (AvgIpc) is 3.42. The van der Waals surface area contributed by atoms with Crippen molar-refractivity contribution >= 4 is 28.7 Å². The predicted octanol–water partition coefficient (Wildman–Crippen LogP) is 2.65. The van der Waals surface area contributed by atoms with Crippen molar-refractivity contribution in [3.8, 4) is 0 Å². The summed E-state index contributed by atoms with van der Waals surface area (Å²) in [7, 11) is 0. The Bertz CT molecular complexity index is 819. The first-order valence-corrected chi connectivity index (χ1v) is 11.5. The molecule has 5 rings (SSSR count). The van der Waals surface area contributed by atoms with Gasteiger partial charge in [-0.1, -0.05) is 6.07 Å². The number of nitrogens with zero attached hydrogens (tertiary/aromatic N) is 4. The van der Waals surface area contributed by atoms with Crippen LogP contribution in [0.2, 0.25) is 0 Å². The number of rotatable bonds is 5. The van der Waals surface area contributed by atoms with Gasteiger partial charge in [0.1, 0.15) is 11.0 Å². The highest BCUT2D eigenvalue weighted by Crippen LogP contribution is 2.26. The molecule has 150 valence electrons. The monoisotopic (exact) mass is 399 g/mol. The van der Waals surface area contributed by atoms with Gasteiger partial charge in [0.25, 0.3) is 0 Å². The molecule has 6 nitrogen and oxygen atoms in total. The fourth-order valence-electron chi connectivity index (χ4n) is 4.70. The van der Waals surface area contributed by atoms with Crippen LogP contribution < -0.4 is 5.32 Å². The van der Waals surface area contributed by atoms with Crippen LogP contribution in [0.25, 0.3) is 11.0 Å². The summed E-state index contributed by atoms with van der Waals surface area (Å²) in [5, 5.41) is 3.18. The van der Waals surface area contributed by atoms with Crippen LogP contribution in [0.15, 0.2) is 18.2 Å². The minimum absolute atomic E-state index is 0.243. The summed E-state index contributed by atoms with van der Waals surface area (Å²) in [5.74, 6) is 0.552. The molecule has 0 spiro atoms. The van der Waals surface area contributed by atoms with Crippen molar-refractivity contribution < 1.29 is 4.79 Å². The molecule has 0 radical (unpaired) electrons. The standard InChI is InChI=1S/C21H29N5OS/c27-21(22-17-2-3-17)16-5-11-26(12-6-16)18-7-9-25(10-8-18)14-15-1-4-19-20(13-15)24-28-23-19/h1,4,13,16-18H,2-3,5-12,14H2,(H,22,27). The van der Waals surface area contributed by atoms with E-state index in [0.29, 0.717) is 18.0 Å². The lowest BCUT2D eigenvalue weighted by Gasteiger charge is -2.41. The Morgan fingerprint density at radius 2 is 1.75 bits per heavy atom. The molecule has 7 heteroatoms. The van der Waals surface area contributed by atoms with Crippen LogP contribution in [-0.2, 0) is 11.3 Å². The van der Waals surface area contributed by atoms with E-state index in [2.05, 4.69) is 42.1 Å². The lowest BCUT2D eigenvalue weighted by atomic mass is 9.92. The lowest BCUT2D eigenvalue weighted by molar-refractivity contribution is -0.126. The number of piperidine rings is 2. The van der Waals surface area contributed by atoms with Crippen LogP contribution in [0.3, 0.4) is 0 Å². The summed E-state index contributed by atoms with van der Waals surface area (Å²) in [5.41, 5.74) is 3.36. The maximum absolute atomic E-state index is 12.3. The van der Waals surface area contributed by atoms with E-state index in [1.807, 2.05) is 0 Å². The second-order valence-electron chi connectivity index (χ2n) is 8.69. The highest BCUT2D eigenvalue weighted by atomic mass is 32.1. The van der Waals surface area contributed by atoms with Gasteiger partial charge in [0.15, 0.2) is 0 Å². The quantitative estimate of drug-likeness (QED) is 0.838. The number of carbonyl (C=O) groups is 1. The van der Waals surface area contributed by atoms with Crippen LogP contribution in [0.1, 0.15) is 44.1 Å². The first kappa shape index (κ1) is 18.5. The van der Waals surface area contributed by atoms with Crippen LogP contribution >= 0.6 is 11.7 Å². The fraction of sp³-hybridized carbons (Fsp3) is 0.667.